The van der Waals surface area contributed by atoms with Crippen molar-refractivity contribution in [2.24, 2.45) is 17.3 Å². The normalized spacial score (nSPS) is 31.3. The summed E-state index contributed by atoms with van der Waals surface area (Å²) in [7, 11) is 0. The smallest absolute Gasteiger partial charge is 0.311 e. The Morgan fingerprint density at radius 3 is 2.96 bits per heavy atom. The Morgan fingerprint density at radius 2 is 2.21 bits per heavy atom. The van der Waals surface area contributed by atoms with E-state index in [2.05, 4.69) is 0 Å². The molecule has 5 nitrogen and oxygen atoms in total. The van der Waals surface area contributed by atoms with Crippen LogP contribution >= 0.6 is 11.6 Å². The van der Waals surface area contributed by atoms with Crippen LogP contribution in [0.1, 0.15) is 24.8 Å². The van der Waals surface area contributed by atoms with E-state index < -0.39 is 11.4 Å². The molecular weight excluding hydrogens is 330 g/mol. The van der Waals surface area contributed by atoms with Crippen molar-refractivity contribution < 1.29 is 19.4 Å². The fourth-order valence-corrected chi connectivity index (χ4v) is 4.78. The lowest BCUT2D eigenvalue weighted by Gasteiger charge is -2.29. The number of carbonyl (C=O) groups excluding carboxylic acids is 1. The molecule has 1 saturated heterocycles. The summed E-state index contributed by atoms with van der Waals surface area (Å²) in [5, 5.41) is 10.3. The summed E-state index contributed by atoms with van der Waals surface area (Å²) in [6, 6.07) is 5.45. The molecule has 1 N–H and O–H groups in total. The van der Waals surface area contributed by atoms with Crippen LogP contribution in [0.2, 0.25) is 5.02 Å². The van der Waals surface area contributed by atoms with Gasteiger partial charge in [0.1, 0.15) is 12.4 Å². The number of rotatable bonds is 2. The van der Waals surface area contributed by atoms with Crippen molar-refractivity contribution in [1.82, 2.24) is 4.90 Å². The average molecular weight is 350 g/mol. The van der Waals surface area contributed by atoms with Crippen LogP contribution in [0.4, 0.5) is 0 Å². The predicted molar refractivity (Wildman–Crippen MR) is 88.1 cm³/mol. The predicted octanol–water partition coefficient (Wildman–Crippen LogP) is 2.60. The van der Waals surface area contributed by atoms with Gasteiger partial charge in [0.2, 0.25) is 5.91 Å². The summed E-state index contributed by atoms with van der Waals surface area (Å²) in [4.78, 5) is 26.4. The SMILES string of the molecule is O=C(C1COc2ccc(Cl)cc2C1)N1C[C@@H]2CCC[C@@]2(C(=O)O)C1. The zero-order valence-corrected chi connectivity index (χ0v) is 14.1. The first-order valence-electron chi connectivity index (χ1n) is 8.43. The van der Waals surface area contributed by atoms with E-state index in [0.29, 0.717) is 37.6 Å². The molecule has 1 unspecified atom stereocenters. The molecular formula is C18H20ClNO4. The van der Waals surface area contributed by atoms with E-state index in [1.165, 1.54) is 0 Å². The molecule has 0 radical (unpaired) electrons. The number of fused-ring (bicyclic) bond motifs is 2. The highest BCUT2D eigenvalue weighted by Crippen LogP contribution is 2.49. The largest absolute Gasteiger partial charge is 0.492 e. The van der Waals surface area contributed by atoms with Gasteiger partial charge in [-0.2, -0.15) is 0 Å². The molecule has 0 spiro atoms. The van der Waals surface area contributed by atoms with Gasteiger partial charge in [-0.1, -0.05) is 18.0 Å². The highest BCUT2D eigenvalue weighted by atomic mass is 35.5. The Hall–Kier alpha value is -1.75. The van der Waals surface area contributed by atoms with Crippen LogP contribution in [-0.2, 0) is 16.0 Å². The van der Waals surface area contributed by atoms with Gasteiger partial charge in [-0.25, -0.2) is 0 Å². The van der Waals surface area contributed by atoms with Crippen LogP contribution in [0.15, 0.2) is 18.2 Å². The first-order valence-corrected chi connectivity index (χ1v) is 8.81. The number of likely N-dealkylation sites (tertiary alicyclic amines) is 1. The molecule has 2 fully saturated rings. The summed E-state index contributed by atoms with van der Waals surface area (Å²) >= 11 is 6.03. The van der Waals surface area contributed by atoms with Crippen LogP contribution in [0.5, 0.6) is 5.75 Å². The second kappa shape index (κ2) is 5.66. The number of amides is 1. The Morgan fingerprint density at radius 1 is 1.38 bits per heavy atom. The molecule has 1 amide bonds. The van der Waals surface area contributed by atoms with Gasteiger partial charge in [-0.3, -0.25) is 9.59 Å². The summed E-state index contributed by atoms with van der Waals surface area (Å²) in [5.41, 5.74) is 0.214. The number of halogens is 1. The second-order valence-electron chi connectivity index (χ2n) is 7.23. The molecule has 3 aliphatic rings. The average Bonchev–Trinajstić information content (AvgIpc) is 3.11. The third-order valence-corrected chi connectivity index (χ3v) is 6.12. The molecule has 6 heteroatoms. The number of carboxylic acid groups (broad SMARTS) is 1. The van der Waals surface area contributed by atoms with E-state index in [0.717, 1.165) is 24.2 Å². The Kier molecular flexibility index (Phi) is 3.71. The van der Waals surface area contributed by atoms with E-state index in [1.807, 2.05) is 12.1 Å². The monoisotopic (exact) mass is 349 g/mol. The summed E-state index contributed by atoms with van der Waals surface area (Å²) in [5.74, 6) is -0.137. The van der Waals surface area contributed by atoms with Gasteiger partial charge < -0.3 is 14.7 Å². The van der Waals surface area contributed by atoms with Gasteiger partial charge in [-0.15, -0.1) is 0 Å². The fourth-order valence-electron chi connectivity index (χ4n) is 4.59. The van der Waals surface area contributed by atoms with Gasteiger partial charge in [0, 0.05) is 18.1 Å². The molecule has 0 bridgehead atoms. The first kappa shape index (κ1) is 15.8. The zero-order chi connectivity index (χ0) is 16.9. The second-order valence-corrected chi connectivity index (χ2v) is 7.67. The molecule has 4 rings (SSSR count). The lowest BCUT2D eigenvalue weighted by molar-refractivity contribution is -0.149. The highest BCUT2D eigenvalue weighted by molar-refractivity contribution is 6.30. The van der Waals surface area contributed by atoms with Crippen molar-refractivity contribution in [1.29, 1.82) is 0 Å². The van der Waals surface area contributed by atoms with Crippen molar-refractivity contribution in [2.45, 2.75) is 25.7 Å². The Bertz CT molecular complexity index is 706. The van der Waals surface area contributed by atoms with Crippen LogP contribution in [0.3, 0.4) is 0 Å². The quantitative estimate of drug-likeness (QED) is 0.891. The van der Waals surface area contributed by atoms with Gasteiger partial charge in [0.25, 0.3) is 0 Å². The van der Waals surface area contributed by atoms with E-state index >= 15 is 0 Å². The first-order chi connectivity index (χ1) is 11.5. The minimum atomic E-state index is -0.752. The topological polar surface area (TPSA) is 66.8 Å². The van der Waals surface area contributed by atoms with Crippen molar-refractivity contribution in [2.75, 3.05) is 19.7 Å². The standard InChI is InChI=1S/C18H20ClNO4/c19-14-3-4-15-11(7-14)6-12(9-24-15)16(21)20-8-13-2-1-5-18(13,10-20)17(22)23/h3-4,7,12-13H,1-2,5-6,8-10H2,(H,22,23)/t12?,13-,18+/m0/s1. The summed E-state index contributed by atoms with van der Waals surface area (Å²) < 4.78 is 5.72. The number of carbonyl (C=O) groups is 2. The van der Waals surface area contributed by atoms with E-state index in [1.54, 1.807) is 11.0 Å². The van der Waals surface area contributed by atoms with E-state index in [4.69, 9.17) is 16.3 Å². The summed E-state index contributed by atoms with van der Waals surface area (Å²) in [6.07, 6.45) is 3.11. The van der Waals surface area contributed by atoms with Gasteiger partial charge in [-0.05, 0) is 48.9 Å². The van der Waals surface area contributed by atoms with Crippen molar-refractivity contribution >= 4 is 23.5 Å². The van der Waals surface area contributed by atoms with Crippen LogP contribution < -0.4 is 4.74 Å². The van der Waals surface area contributed by atoms with Gasteiger partial charge in [0.05, 0.1) is 11.3 Å². The molecule has 24 heavy (non-hydrogen) atoms. The maximum atomic E-state index is 12.9. The number of hydrogen-bond donors (Lipinski definition) is 1. The van der Waals surface area contributed by atoms with Gasteiger partial charge in [0.15, 0.2) is 0 Å². The molecule has 3 atom stereocenters. The molecule has 1 aromatic carbocycles. The maximum Gasteiger partial charge on any atom is 0.311 e. The van der Waals surface area contributed by atoms with Crippen LogP contribution in [-0.4, -0.2) is 41.6 Å². The molecule has 2 aliphatic heterocycles. The highest BCUT2D eigenvalue weighted by Gasteiger charge is 2.56. The number of aliphatic carboxylic acids is 1. The minimum Gasteiger partial charge on any atom is -0.492 e. The lowest BCUT2D eigenvalue weighted by atomic mass is 9.81. The van der Waals surface area contributed by atoms with Crippen molar-refractivity contribution in [3.63, 3.8) is 0 Å². The number of benzene rings is 1. The third-order valence-electron chi connectivity index (χ3n) is 5.89. The van der Waals surface area contributed by atoms with Crippen molar-refractivity contribution in [3.8, 4) is 5.75 Å². The molecule has 0 aromatic heterocycles. The Balaban J connectivity index is 1.50. The fraction of sp³-hybridized carbons (Fsp3) is 0.556. The van der Waals surface area contributed by atoms with Gasteiger partial charge >= 0.3 is 5.97 Å². The van der Waals surface area contributed by atoms with Crippen molar-refractivity contribution in [3.05, 3.63) is 28.8 Å². The van der Waals surface area contributed by atoms with E-state index in [9.17, 15) is 14.7 Å². The number of nitrogens with zero attached hydrogens (tertiary/aromatic N) is 1. The molecule has 1 aliphatic carbocycles. The lowest BCUT2D eigenvalue weighted by Crippen LogP contribution is -2.42. The Labute approximate surface area is 145 Å². The third kappa shape index (κ3) is 2.37. The van der Waals surface area contributed by atoms with Crippen LogP contribution in [0, 0.1) is 17.3 Å². The molecule has 1 saturated carbocycles. The molecule has 2 heterocycles. The minimum absolute atomic E-state index is 0.00986. The number of hydrogen-bond acceptors (Lipinski definition) is 3. The molecule has 1 aromatic rings. The maximum absolute atomic E-state index is 12.9. The number of carboxylic acids is 1. The molecule has 128 valence electrons. The number of ether oxygens (including phenoxy) is 1. The van der Waals surface area contributed by atoms with E-state index in [-0.39, 0.29) is 17.7 Å². The summed E-state index contributed by atoms with van der Waals surface area (Å²) in [6.45, 7) is 1.24. The zero-order valence-electron chi connectivity index (χ0n) is 13.3. The van der Waals surface area contributed by atoms with Crippen LogP contribution in [0.25, 0.3) is 0 Å².